The van der Waals surface area contributed by atoms with Crippen LogP contribution in [0.4, 0.5) is 0 Å². The standard InChI is InChI=1S/C17H19N2O15P3/c20-13-12(9-31-36(27,28)34-37(29,30)33-35(24,25)26)32-16(14(13)21)19-8-11(15(22)18-17(19)23)7-6-10-4-2-1-3-5-10/h1-5,8,12-14,16,20-21H,9H2,(H,27,28)(H,29,30)(H,18,22,23)(H2,24,25,26)/t12-,13-,14-,16-/m1/s1. The van der Waals surface area contributed by atoms with Crippen LogP contribution in [0.1, 0.15) is 17.4 Å². The molecule has 1 saturated heterocycles. The predicted octanol–water partition coefficient (Wildman–Crippen LogP) is -1.10. The first-order valence-corrected chi connectivity index (χ1v) is 14.3. The molecule has 0 radical (unpaired) electrons. The number of nitrogens with one attached hydrogen (secondary N) is 1. The molecule has 20 heteroatoms. The Morgan fingerprint density at radius 1 is 0.946 bits per heavy atom. The predicted molar refractivity (Wildman–Crippen MR) is 119 cm³/mol. The summed E-state index contributed by atoms with van der Waals surface area (Å²) in [5.41, 5.74) is -1.55. The monoisotopic (exact) mass is 584 g/mol. The van der Waals surface area contributed by atoms with Gasteiger partial charge in [0.25, 0.3) is 5.56 Å². The van der Waals surface area contributed by atoms with E-state index in [0.29, 0.717) is 10.1 Å². The molecule has 1 fully saturated rings. The van der Waals surface area contributed by atoms with E-state index in [4.69, 9.17) is 19.4 Å². The average Bonchev–Trinajstić information content (AvgIpc) is 3.04. The highest BCUT2D eigenvalue weighted by atomic mass is 31.3. The van der Waals surface area contributed by atoms with Gasteiger partial charge in [0.15, 0.2) is 6.23 Å². The van der Waals surface area contributed by atoms with Crippen molar-refractivity contribution < 1.29 is 61.4 Å². The van der Waals surface area contributed by atoms with Gasteiger partial charge in [-0.15, -0.1) is 0 Å². The second-order valence-corrected chi connectivity index (χ2v) is 11.7. The number of hydrogen-bond donors (Lipinski definition) is 7. The van der Waals surface area contributed by atoms with E-state index >= 15 is 0 Å². The first kappa shape index (κ1) is 29.3. The Balaban J connectivity index is 1.76. The van der Waals surface area contributed by atoms with Gasteiger partial charge in [-0.3, -0.25) is 18.9 Å². The largest absolute Gasteiger partial charge is 0.490 e. The number of benzene rings is 1. The first-order chi connectivity index (χ1) is 17.1. The maximum Gasteiger partial charge on any atom is 0.490 e. The summed E-state index contributed by atoms with van der Waals surface area (Å²) in [5.74, 6) is 5.26. The van der Waals surface area contributed by atoms with Crippen molar-refractivity contribution in [3.05, 3.63) is 68.5 Å². The summed E-state index contributed by atoms with van der Waals surface area (Å²) in [7, 11) is -16.9. The third-order valence-electron chi connectivity index (χ3n) is 4.51. The molecule has 17 nitrogen and oxygen atoms in total. The molecule has 0 spiro atoms. The number of aliphatic hydroxyl groups excluding tert-OH is 2. The second kappa shape index (κ2) is 11.2. The molecule has 202 valence electrons. The van der Waals surface area contributed by atoms with Gasteiger partial charge < -0.3 is 34.5 Å². The summed E-state index contributed by atoms with van der Waals surface area (Å²) in [6.07, 6.45) is -6.01. The molecule has 2 aromatic rings. The number of phosphoric ester groups is 1. The summed E-state index contributed by atoms with van der Waals surface area (Å²) in [5, 5.41) is 20.6. The van der Waals surface area contributed by atoms with Crippen molar-refractivity contribution in [1.82, 2.24) is 9.55 Å². The number of H-pyrrole nitrogens is 1. The summed E-state index contributed by atoms with van der Waals surface area (Å²) >= 11 is 0. The zero-order valence-electron chi connectivity index (χ0n) is 18.1. The molecule has 1 aliphatic rings. The Morgan fingerprint density at radius 3 is 2.22 bits per heavy atom. The van der Waals surface area contributed by atoms with Crippen LogP contribution < -0.4 is 11.2 Å². The van der Waals surface area contributed by atoms with E-state index in [1.54, 1.807) is 30.3 Å². The minimum absolute atomic E-state index is 0.203. The maximum atomic E-state index is 12.3. The number of aromatic amines is 1. The highest BCUT2D eigenvalue weighted by Gasteiger charge is 2.46. The van der Waals surface area contributed by atoms with Crippen molar-refractivity contribution in [2.75, 3.05) is 6.61 Å². The van der Waals surface area contributed by atoms with E-state index in [9.17, 15) is 38.4 Å². The number of nitrogens with zero attached hydrogens (tertiary/aromatic N) is 1. The smallest absolute Gasteiger partial charge is 0.387 e. The second-order valence-electron chi connectivity index (χ2n) is 7.26. The Kier molecular flexibility index (Phi) is 8.90. The van der Waals surface area contributed by atoms with Crippen LogP contribution in [-0.4, -0.2) is 64.3 Å². The van der Waals surface area contributed by atoms with Crippen molar-refractivity contribution in [3.8, 4) is 11.8 Å². The molecule has 3 rings (SSSR count). The van der Waals surface area contributed by atoms with Crippen molar-refractivity contribution in [2.24, 2.45) is 0 Å². The fourth-order valence-corrected chi connectivity index (χ4v) is 6.02. The van der Waals surface area contributed by atoms with E-state index in [2.05, 4.69) is 25.0 Å². The highest BCUT2D eigenvalue weighted by molar-refractivity contribution is 7.66. The van der Waals surface area contributed by atoms with Gasteiger partial charge in [0.1, 0.15) is 23.9 Å². The van der Waals surface area contributed by atoms with Crippen LogP contribution in [0.25, 0.3) is 0 Å². The molecule has 6 atom stereocenters. The molecule has 1 aliphatic heterocycles. The minimum atomic E-state index is -5.78. The maximum absolute atomic E-state index is 12.3. The SMILES string of the molecule is O=c1[nH]c(=O)n([C@@H]2O[C@H](COP(=O)(O)OP(=O)(O)OP(=O)(O)O)[C@@H](O)[C@H]2O)cc1C#Cc1ccccc1. The van der Waals surface area contributed by atoms with Gasteiger partial charge in [-0.1, -0.05) is 30.0 Å². The molecular formula is C17H19N2O15P3. The molecule has 0 saturated carbocycles. The molecule has 1 aromatic carbocycles. The molecular weight excluding hydrogens is 565 g/mol. The number of rotatable bonds is 8. The van der Waals surface area contributed by atoms with Crippen LogP contribution >= 0.6 is 23.5 Å². The highest BCUT2D eigenvalue weighted by Crippen LogP contribution is 2.66. The summed E-state index contributed by atoms with van der Waals surface area (Å²) in [6, 6.07) is 8.51. The number of hydrogen-bond acceptors (Lipinski definition) is 11. The topological polar surface area (TPSA) is 264 Å². The fourth-order valence-electron chi connectivity index (χ4n) is 2.99. The zero-order valence-corrected chi connectivity index (χ0v) is 20.8. The average molecular weight is 584 g/mol. The van der Waals surface area contributed by atoms with Gasteiger partial charge >= 0.3 is 29.2 Å². The van der Waals surface area contributed by atoms with E-state index in [1.165, 1.54) is 0 Å². The van der Waals surface area contributed by atoms with E-state index in [0.717, 1.165) is 6.20 Å². The van der Waals surface area contributed by atoms with Gasteiger partial charge in [-0.2, -0.15) is 8.62 Å². The Hall–Kier alpha value is -2.25. The molecule has 0 bridgehead atoms. The molecule has 1 aromatic heterocycles. The van der Waals surface area contributed by atoms with Gasteiger partial charge in [-0.25, -0.2) is 18.5 Å². The van der Waals surface area contributed by atoms with Crippen LogP contribution in [0, 0.1) is 11.8 Å². The summed E-state index contributed by atoms with van der Waals surface area (Å²) in [6.45, 7) is -1.09. The normalized spacial score (nSPS) is 25.0. The van der Waals surface area contributed by atoms with Crippen molar-refractivity contribution >= 4 is 23.5 Å². The molecule has 37 heavy (non-hydrogen) atoms. The Bertz CT molecular complexity index is 1460. The van der Waals surface area contributed by atoms with Crippen LogP contribution in [0.2, 0.25) is 0 Å². The lowest BCUT2D eigenvalue weighted by Gasteiger charge is -2.19. The van der Waals surface area contributed by atoms with Gasteiger partial charge in [-0.05, 0) is 12.1 Å². The van der Waals surface area contributed by atoms with Crippen LogP contribution in [0.5, 0.6) is 0 Å². The molecule has 0 amide bonds. The van der Waals surface area contributed by atoms with Crippen LogP contribution in [0.3, 0.4) is 0 Å². The van der Waals surface area contributed by atoms with Crippen molar-refractivity contribution in [1.29, 1.82) is 0 Å². The molecule has 2 heterocycles. The number of ether oxygens (including phenoxy) is 1. The lowest BCUT2D eigenvalue weighted by molar-refractivity contribution is -0.0542. The molecule has 2 unspecified atom stereocenters. The quantitative estimate of drug-likeness (QED) is 0.143. The van der Waals surface area contributed by atoms with Crippen molar-refractivity contribution in [3.63, 3.8) is 0 Å². The molecule has 0 aliphatic carbocycles. The number of aromatic nitrogens is 2. The summed E-state index contributed by atoms with van der Waals surface area (Å²) in [4.78, 5) is 62.2. The first-order valence-electron chi connectivity index (χ1n) is 9.79. The van der Waals surface area contributed by atoms with Crippen molar-refractivity contribution in [2.45, 2.75) is 24.5 Å². The lowest BCUT2D eigenvalue weighted by atomic mass is 10.1. The number of phosphoric acid groups is 3. The molecule has 7 N–H and O–H groups in total. The van der Waals surface area contributed by atoms with Gasteiger partial charge in [0.05, 0.1) is 6.61 Å². The zero-order chi connectivity index (χ0) is 27.6. The minimum Gasteiger partial charge on any atom is -0.387 e. The Labute approximate surface area is 206 Å². The van der Waals surface area contributed by atoms with E-state index < -0.39 is 65.9 Å². The fraction of sp³-hybridized carbons (Fsp3) is 0.294. The third kappa shape index (κ3) is 8.11. The summed E-state index contributed by atoms with van der Waals surface area (Å²) < 4.78 is 51.5. The Morgan fingerprint density at radius 2 is 1.59 bits per heavy atom. The van der Waals surface area contributed by atoms with E-state index in [1.807, 2.05) is 4.98 Å². The third-order valence-corrected chi connectivity index (χ3v) is 8.31. The van der Waals surface area contributed by atoms with Gasteiger partial charge in [0, 0.05) is 11.8 Å². The lowest BCUT2D eigenvalue weighted by Crippen LogP contribution is -2.38. The van der Waals surface area contributed by atoms with Gasteiger partial charge in [0.2, 0.25) is 0 Å². The van der Waals surface area contributed by atoms with Crippen LogP contribution in [0.15, 0.2) is 46.1 Å². The van der Waals surface area contributed by atoms with Crippen LogP contribution in [-0.2, 0) is 31.6 Å². The number of aliphatic hydroxyl groups is 2. The van der Waals surface area contributed by atoms with E-state index in [-0.39, 0.29) is 5.56 Å².